The highest BCUT2D eigenvalue weighted by Crippen LogP contribution is 2.36. The summed E-state index contributed by atoms with van der Waals surface area (Å²) in [7, 11) is 1.64. The molecule has 0 radical (unpaired) electrons. The lowest BCUT2D eigenvalue weighted by atomic mass is 10.2. The Balaban J connectivity index is 2.46. The Morgan fingerprint density at radius 1 is 1.45 bits per heavy atom. The monoisotopic (exact) mass is 339 g/mol. The van der Waals surface area contributed by atoms with Crippen LogP contribution in [0.4, 0.5) is 5.69 Å². The van der Waals surface area contributed by atoms with Gasteiger partial charge in [-0.1, -0.05) is 25.5 Å². The minimum Gasteiger partial charge on any atom is -0.433 e. The molecule has 0 saturated carbocycles. The molecule has 106 valence electrons. The topological polar surface area (TPSA) is 70.2 Å². The number of nitrogens with zero attached hydrogens (tertiary/aromatic N) is 3. The number of para-hydroxylation sites is 1. The van der Waals surface area contributed by atoms with Crippen LogP contribution < -0.4 is 4.74 Å². The summed E-state index contributed by atoms with van der Waals surface area (Å²) in [4.78, 5) is 10.8. The van der Waals surface area contributed by atoms with E-state index in [0.29, 0.717) is 17.9 Å². The molecular formula is C13H14BrN3O3. The number of hydrogen-bond acceptors (Lipinski definition) is 4. The van der Waals surface area contributed by atoms with Crippen LogP contribution >= 0.6 is 15.9 Å². The predicted octanol–water partition coefficient (Wildman–Crippen LogP) is 3.84. The largest absolute Gasteiger partial charge is 0.433 e. The van der Waals surface area contributed by atoms with Crippen LogP contribution in [0.15, 0.2) is 28.7 Å². The highest BCUT2D eigenvalue weighted by molar-refractivity contribution is 9.10. The molecule has 0 bridgehead atoms. The minimum absolute atomic E-state index is 0.0647. The quantitative estimate of drug-likeness (QED) is 0.613. The van der Waals surface area contributed by atoms with E-state index in [1.165, 1.54) is 4.68 Å². The van der Waals surface area contributed by atoms with Gasteiger partial charge in [0.2, 0.25) is 0 Å². The number of aromatic nitrogens is 2. The Bertz CT molecular complexity index is 640. The first kappa shape index (κ1) is 14.5. The van der Waals surface area contributed by atoms with Gasteiger partial charge in [0.05, 0.1) is 9.40 Å². The van der Waals surface area contributed by atoms with E-state index >= 15 is 0 Å². The average molecular weight is 340 g/mol. The van der Waals surface area contributed by atoms with Crippen molar-refractivity contribution in [3.8, 4) is 11.6 Å². The maximum atomic E-state index is 11.3. The summed E-state index contributed by atoms with van der Waals surface area (Å²) < 4.78 is 7.81. The second-order valence-electron chi connectivity index (χ2n) is 4.26. The number of benzene rings is 1. The van der Waals surface area contributed by atoms with Gasteiger partial charge in [0.15, 0.2) is 0 Å². The summed E-state index contributed by atoms with van der Waals surface area (Å²) in [5.74, 6) is 0.659. The molecule has 0 atom stereocenters. The van der Waals surface area contributed by atoms with Gasteiger partial charge in [-0.3, -0.25) is 10.1 Å². The van der Waals surface area contributed by atoms with Crippen LogP contribution in [-0.2, 0) is 13.5 Å². The molecule has 0 aliphatic carbocycles. The Hall–Kier alpha value is -1.89. The van der Waals surface area contributed by atoms with E-state index in [-0.39, 0.29) is 11.6 Å². The van der Waals surface area contributed by atoms with E-state index in [9.17, 15) is 10.1 Å². The van der Waals surface area contributed by atoms with Gasteiger partial charge in [-0.15, -0.1) is 0 Å². The molecule has 2 aromatic rings. The first-order chi connectivity index (χ1) is 9.54. The fourth-order valence-corrected chi connectivity index (χ4v) is 2.25. The van der Waals surface area contributed by atoms with Crippen molar-refractivity contribution in [3.63, 3.8) is 0 Å². The molecule has 1 heterocycles. The minimum atomic E-state index is -0.440. The molecule has 7 heteroatoms. The molecular weight excluding hydrogens is 326 g/mol. The molecule has 0 fully saturated rings. The third-order valence-corrected chi connectivity index (χ3v) is 3.41. The number of ether oxygens (including phenoxy) is 1. The number of rotatable bonds is 5. The smallest absolute Gasteiger partial charge is 0.353 e. The standard InChI is InChI=1S/C13H14BrN3O3/c1-3-6-10-12(17(18)19)13(16(2)15-10)20-11-8-5-4-7-9(11)14/h4-5,7-8H,3,6H2,1-2H3. The fourth-order valence-electron chi connectivity index (χ4n) is 1.89. The summed E-state index contributed by atoms with van der Waals surface area (Å²) in [5.41, 5.74) is 0.382. The van der Waals surface area contributed by atoms with Crippen LogP contribution in [0.3, 0.4) is 0 Å². The number of nitro groups is 1. The van der Waals surface area contributed by atoms with Crippen LogP contribution in [0.2, 0.25) is 0 Å². The number of hydrogen-bond donors (Lipinski definition) is 0. The third-order valence-electron chi connectivity index (χ3n) is 2.75. The van der Waals surface area contributed by atoms with Gasteiger partial charge in [-0.05, 0) is 34.5 Å². The van der Waals surface area contributed by atoms with Gasteiger partial charge in [-0.2, -0.15) is 5.10 Å². The molecule has 0 aliphatic heterocycles. The zero-order valence-corrected chi connectivity index (χ0v) is 12.8. The van der Waals surface area contributed by atoms with Gasteiger partial charge in [0, 0.05) is 7.05 Å². The van der Waals surface area contributed by atoms with Crippen LogP contribution in [0.1, 0.15) is 19.0 Å². The molecule has 0 spiro atoms. The van der Waals surface area contributed by atoms with E-state index in [1.807, 2.05) is 19.1 Å². The highest BCUT2D eigenvalue weighted by atomic mass is 79.9. The van der Waals surface area contributed by atoms with Crippen molar-refractivity contribution in [1.29, 1.82) is 0 Å². The van der Waals surface area contributed by atoms with Gasteiger partial charge in [0.25, 0.3) is 5.88 Å². The Morgan fingerprint density at radius 3 is 2.75 bits per heavy atom. The number of halogens is 1. The van der Waals surface area contributed by atoms with Crippen molar-refractivity contribution in [2.75, 3.05) is 0 Å². The Morgan fingerprint density at radius 2 is 2.15 bits per heavy atom. The first-order valence-electron chi connectivity index (χ1n) is 6.17. The van der Waals surface area contributed by atoms with Crippen LogP contribution in [-0.4, -0.2) is 14.7 Å². The molecule has 0 saturated heterocycles. The van der Waals surface area contributed by atoms with Crippen LogP contribution in [0.25, 0.3) is 0 Å². The molecule has 0 amide bonds. The van der Waals surface area contributed by atoms with Crippen LogP contribution in [0.5, 0.6) is 11.6 Å². The lowest BCUT2D eigenvalue weighted by Crippen LogP contribution is -1.97. The van der Waals surface area contributed by atoms with Crippen molar-refractivity contribution < 1.29 is 9.66 Å². The Kier molecular flexibility index (Phi) is 4.39. The van der Waals surface area contributed by atoms with Gasteiger partial charge in [0.1, 0.15) is 11.4 Å². The lowest BCUT2D eigenvalue weighted by Gasteiger charge is -2.06. The summed E-state index contributed by atoms with van der Waals surface area (Å²) in [5, 5.41) is 15.4. The lowest BCUT2D eigenvalue weighted by molar-refractivity contribution is -0.386. The van der Waals surface area contributed by atoms with Gasteiger partial charge in [-0.25, -0.2) is 4.68 Å². The molecule has 0 unspecified atom stereocenters. The van der Waals surface area contributed by atoms with E-state index in [4.69, 9.17) is 4.74 Å². The molecule has 6 nitrogen and oxygen atoms in total. The highest BCUT2D eigenvalue weighted by Gasteiger charge is 2.28. The van der Waals surface area contributed by atoms with Gasteiger partial charge < -0.3 is 4.74 Å². The second-order valence-corrected chi connectivity index (χ2v) is 5.12. The van der Waals surface area contributed by atoms with Crippen LogP contribution in [0, 0.1) is 10.1 Å². The molecule has 20 heavy (non-hydrogen) atoms. The second kappa shape index (κ2) is 6.04. The van der Waals surface area contributed by atoms with E-state index in [0.717, 1.165) is 10.9 Å². The van der Waals surface area contributed by atoms with E-state index in [2.05, 4.69) is 21.0 Å². The summed E-state index contributed by atoms with van der Waals surface area (Å²) in [6.07, 6.45) is 1.33. The maximum Gasteiger partial charge on any atom is 0.353 e. The molecule has 1 aromatic heterocycles. The zero-order valence-electron chi connectivity index (χ0n) is 11.2. The fraction of sp³-hybridized carbons (Fsp3) is 0.308. The molecule has 0 aliphatic rings. The average Bonchev–Trinajstić information content (AvgIpc) is 2.69. The third kappa shape index (κ3) is 2.82. The summed E-state index contributed by atoms with van der Waals surface area (Å²) in [6, 6.07) is 7.19. The normalized spacial score (nSPS) is 10.6. The van der Waals surface area contributed by atoms with Crippen molar-refractivity contribution in [3.05, 3.63) is 44.5 Å². The molecule has 2 rings (SSSR count). The summed E-state index contributed by atoms with van der Waals surface area (Å²) in [6.45, 7) is 1.95. The van der Waals surface area contributed by atoms with Crippen molar-refractivity contribution in [2.24, 2.45) is 7.05 Å². The molecule has 0 N–H and O–H groups in total. The Labute approximate surface area is 124 Å². The van der Waals surface area contributed by atoms with Gasteiger partial charge >= 0.3 is 5.69 Å². The summed E-state index contributed by atoms with van der Waals surface area (Å²) >= 11 is 3.35. The predicted molar refractivity (Wildman–Crippen MR) is 78.1 cm³/mol. The molecule has 1 aromatic carbocycles. The maximum absolute atomic E-state index is 11.3. The van der Waals surface area contributed by atoms with Crippen molar-refractivity contribution in [1.82, 2.24) is 9.78 Å². The van der Waals surface area contributed by atoms with Crippen molar-refractivity contribution in [2.45, 2.75) is 19.8 Å². The first-order valence-corrected chi connectivity index (χ1v) is 6.96. The van der Waals surface area contributed by atoms with E-state index in [1.54, 1.807) is 19.2 Å². The van der Waals surface area contributed by atoms with E-state index < -0.39 is 4.92 Å². The van der Waals surface area contributed by atoms with Crippen molar-refractivity contribution >= 4 is 21.6 Å². The SMILES string of the molecule is CCCc1nn(C)c(Oc2ccccc2Br)c1[N+](=O)[O-]. The zero-order chi connectivity index (χ0) is 14.7. The number of aryl methyl sites for hydroxylation is 2.